The number of nitrogens with two attached hydrogens (primary N) is 1. The van der Waals surface area contributed by atoms with Crippen molar-refractivity contribution in [2.45, 2.75) is 23.6 Å². The summed E-state index contributed by atoms with van der Waals surface area (Å²) in [5.41, 5.74) is 6.44. The lowest BCUT2D eigenvalue weighted by atomic mass is 9.95. The molecule has 7 heteroatoms. The van der Waals surface area contributed by atoms with Crippen molar-refractivity contribution in [1.82, 2.24) is 0 Å². The van der Waals surface area contributed by atoms with E-state index in [1.54, 1.807) is 24.3 Å². The van der Waals surface area contributed by atoms with Crippen molar-refractivity contribution in [2.75, 3.05) is 6.54 Å². The standard InChI is InChI=1S/C15H15ClF3NO.ClH/c16-14(15(17,18)19)9-2-1-3-13(14)21-12-6-4-11(5-7-12)8-10-20;/h1-7,9,13H,8,10,20H2;1H. The number of hydrogen-bond acceptors (Lipinski definition) is 2. The number of alkyl halides is 4. The minimum Gasteiger partial charge on any atom is -0.484 e. The van der Waals surface area contributed by atoms with Gasteiger partial charge in [0.2, 0.25) is 0 Å². The molecule has 1 aliphatic rings. The summed E-state index contributed by atoms with van der Waals surface area (Å²) in [6.45, 7) is 0.509. The lowest BCUT2D eigenvalue weighted by molar-refractivity contribution is -0.164. The number of rotatable bonds is 4. The number of allylic oxidation sites excluding steroid dienone is 2. The maximum Gasteiger partial charge on any atom is 0.415 e. The van der Waals surface area contributed by atoms with Crippen molar-refractivity contribution in [3.8, 4) is 5.75 Å². The van der Waals surface area contributed by atoms with Crippen LogP contribution >= 0.6 is 24.0 Å². The second-order valence-corrected chi connectivity index (χ2v) is 5.36. The van der Waals surface area contributed by atoms with Gasteiger partial charge in [-0.25, -0.2) is 0 Å². The van der Waals surface area contributed by atoms with Crippen molar-refractivity contribution in [2.24, 2.45) is 5.73 Å². The predicted molar refractivity (Wildman–Crippen MR) is 83.8 cm³/mol. The molecule has 0 amide bonds. The van der Waals surface area contributed by atoms with Gasteiger partial charge in [0.1, 0.15) is 11.9 Å². The molecule has 122 valence electrons. The van der Waals surface area contributed by atoms with Gasteiger partial charge in [0, 0.05) is 0 Å². The molecule has 0 spiro atoms. The van der Waals surface area contributed by atoms with E-state index >= 15 is 0 Å². The largest absolute Gasteiger partial charge is 0.484 e. The first-order valence-electron chi connectivity index (χ1n) is 6.44. The Hall–Kier alpha value is -1.17. The first-order valence-corrected chi connectivity index (χ1v) is 6.82. The molecule has 0 radical (unpaired) electrons. The highest BCUT2D eigenvalue weighted by Crippen LogP contribution is 2.43. The SMILES string of the molecule is Cl.NCCc1ccc(OC2C=CC=CC2(Cl)C(F)(F)F)cc1. The summed E-state index contributed by atoms with van der Waals surface area (Å²) in [6, 6.07) is 6.78. The lowest BCUT2D eigenvalue weighted by Crippen LogP contribution is -2.50. The zero-order valence-corrected chi connectivity index (χ0v) is 13.1. The van der Waals surface area contributed by atoms with Crippen molar-refractivity contribution >= 4 is 24.0 Å². The van der Waals surface area contributed by atoms with E-state index in [4.69, 9.17) is 22.1 Å². The summed E-state index contributed by atoms with van der Waals surface area (Å²) in [5.74, 6) is 0.329. The third-order valence-electron chi connectivity index (χ3n) is 3.20. The van der Waals surface area contributed by atoms with E-state index in [9.17, 15) is 13.2 Å². The molecule has 2 unspecified atom stereocenters. The van der Waals surface area contributed by atoms with E-state index in [1.165, 1.54) is 18.2 Å². The molecule has 0 heterocycles. The van der Waals surface area contributed by atoms with E-state index in [2.05, 4.69) is 0 Å². The Kier molecular flexibility index (Phi) is 6.35. The molecule has 0 saturated carbocycles. The molecule has 0 aromatic heterocycles. The van der Waals surface area contributed by atoms with E-state index in [1.807, 2.05) is 0 Å². The maximum absolute atomic E-state index is 13.1. The first-order chi connectivity index (χ1) is 9.87. The Bertz CT molecular complexity index is 543. The van der Waals surface area contributed by atoms with Crippen LogP contribution in [0.5, 0.6) is 5.75 Å². The topological polar surface area (TPSA) is 35.2 Å². The molecule has 1 aromatic carbocycles. The molecule has 22 heavy (non-hydrogen) atoms. The summed E-state index contributed by atoms with van der Waals surface area (Å²) >= 11 is 5.74. The molecule has 0 saturated heterocycles. The van der Waals surface area contributed by atoms with Gasteiger partial charge in [-0.15, -0.1) is 24.0 Å². The van der Waals surface area contributed by atoms with E-state index in [0.717, 1.165) is 11.6 Å². The highest BCUT2D eigenvalue weighted by Gasteiger charge is 2.58. The summed E-state index contributed by atoms with van der Waals surface area (Å²) in [5, 5.41) is 0. The summed E-state index contributed by atoms with van der Waals surface area (Å²) in [4.78, 5) is -2.56. The quantitative estimate of drug-likeness (QED) is 0.829. The van der Waals surface area contributed by atoms with Gasteiger partial charge in [-0.05, 0) is 36.7 Å². The molecule has 0 bridgehead atoms. The molecule has 0 fully saturated rings. The van der Waals surface area contributed by atoms with Crippen LogP contribution in [-0.4, -0.2) is 23.7 Å². The molecule has 2 rings (SSSR count). The van der Waals surface area contributed by atoms with Crippen molar-refractivity contribution < 1.29 is 17.9 Å². The van der Waals surface area contributed by atoms with Crippen molar-refractivity contribution in [3.63, 3.8) is 0 Å². The normalized spacial score (nSPS) is 24.0. The van der Waals surface area contributed by atoms with Crippen LogP contribution in [0.15, 0.2) is 48.6 Å². The highest BCUT2D eigenvalue weighted by molar-refractivity contribution is 6.26. The lowest BCUT2D eigenvalue weighted by Gasteiger charge is -2.34. The van der Waals surface area contributed by atoms with Crippen LogP contribution in [0, 0.1) is 0 Å². The Morgan fingerprint density at radius 3 is 2.36 bits per heavy atom. The Morgan fingerprint density at radius 1 is 1.18 bits per heavy atom. The van der Waals surface area contributed by atoms with Gasteiger partial charge < -0.3 is 10.5 Å². The van der Waals surface area contributed by atoms with E-state index < -0.39 is 17.2 Å². The Morgan fingerprint density at radius 2 is 1.82 bits per heavy atom. The maximum atomic E-state index is 13.1. The second kappa shape index (κ2) is 7.40. The van der Waals surface area contributed by atoms with Gasteiger partial charge >= 0.3 is 6.18 Å². The minimum atomic E-state index is -4.61. The van der Waals surface area contributed by atoms with Crippen LogP contribution in [0.2, 0.25) is 0 Å². The number of hydrogen-bond donors (Lipinski definition) is 1. The van der Waals surface area contributed by atoms with Gasteiger partial charge in [0.25, 0.3) is 0 Å². The van der Waals surface area contributed by atoms with Crippen LogP contribution < -0.4 is 10.5 Å². The van der Waals surface area contributed by atoms with Crippen molar-refractivity contribution in [1.29, 1.82) is 0 Å². The van der Waals surface area contributed by atoms with Crippen LogP contribution in [0.25, 0.3) is 0 Å². The molecule has 1 aromatic rings. The van der Waals surface area contributed by atoms with Gasteiger partial charge in [0.15, 0.2) is 4.87 Å². The van der Waals surface area contributed by atoms with Crippen LogP contribution in [-0.2, 0) is 6.42 Å². The Balaban J connectivity index is 0.00000242. The average molecular weight is 354 g/mol. The van der Waals surface area contributed by atoms with E-state index in [0.29, 0.717) is 18.7 Å². The fraction of sp³-hybridized carbons (Fsp3) is 0.333. The van der Waals surface area contributed by atoms with Gasteiger partial charge in [-0.3, -0.25) is 0 Å². The monoisotopic (exact) mass is 353 g/mol. The van der Waals surface area contributed by atoms with Crippen LogP contribution in [0.3, 0.4) is 0 Å². The molecule has 2 nitrogen and oxygen atoms in total. The summed E-state index contributed by atoms with van der Waals surface area (Å²) < 4.78 is 44.8. The average Bonchev–Trinajstić information content (AvgIpc) is 2.43. The number of benzene rings is 1. The molecule has 2 N–H and O–H groups in total. The van der Waals surface area contributed by atoms with Crippen molar-refractivity contribution in [3.05, 3.63) is 54.1 Å². The predicted octanol–water partition coefficient (Wildman–Crippen LogP) is 4.02. The fourth-order valence-corrected chi connectivity index (χ4v) is 2.21. The summed E-state index contributed by atoms with van der Waals surface area (Å²) in [6.07, 6.45) is -0.265. The smallest absolute Gasteiger partial charge is 0.415 e. The minimum absolute atomic E-state index is 0. The third-order valence-corrected chi connectivity index (χ3v) is 3.76. The van der Waals surface area contributed by atoms with Gasteiger partial charge in [-0.2, -0.15) is 13.2 Å². The molecule has 0 aliphatic heterocycles. The zero-order valence-electron chi connectivity index (χ0n) is 11.5. The number of ether oxygens (including phenoxy) is 1. The van der Waals surface area contributed by atoms with Gasteiger partial charge in [-0.1, -0.05) is 30.4 Å². The zero-order chi connectivity index (χ0) is 15.5. The first kappa shape index (κ1) is 18.9. The molecule has 2 atom stereocenters. The molecule has 1 aliphatic carbocycles. The van der Waals surface area contributed by atoms with Crippen LogP contribution in [0.4, 0.5) is 13.2 Å². The molecular weight excluding hydrogens is 338 g/mol. The number of halogens is 5. The highest BCUT2D eigenvalue weighted by atomic mass is 35.5. The second-order valence-electron chi connectivity index (χ2n) is 4.73. The van der Waals surface area contributed by atoms with Gasteiger partial charge in [0.05, 0.1) is 0 Å². The fourth-order valence-electron chi connectivity index (χ4n) is 2.02. The molecular formula is C15H16Cl2F3NO. The summed E-state index contributed by atoms with van der Waals surface area (Å²) in [7, 11) is 0. The van der Waals surface area contributed by atoms with E-state index in [-0.39, 0.29) is 12.4 Å². The van der Waals surface area contributed by atoms with Crippen LogP contribution in [0.1, 0.15) is 5.56 Å². The Labute approximate surface area is 138 Å². The third kappa shape index (κ3) is 3.97.